The Balaban J connectivity index is 1.36. The summed E-state index contributed by atoms with van der Waals surface area (Å²) in [6.45, 7) is 6.73. The predicted molar refractivity (Wildman–Crippen MR) is 102 cm³/mol. The number of benzene rings is 1. The molecule has 0 aliphatic carbocycles. The lowest BCUT2D eigenvalue weighted by Crippen LogP contribution is -2.47. The van der Waals surface area contributed by atoms with Gasteiger partial charge in [-0.3, -0.25) is 9.48 Å². The first-order valence-corrected chi connectivity index (χ1v) is 9.75. The van der Waals surface area contributed by atoms with Crippen molar-refractivity contribution >= 4 is 5.91 Å². The quantitative estimate of drug-likeness (QED) is 0.803. The molecular formula is C21H28N4O. The van der Waals surface area contributed by atoms with Crippen LogP contribution in [0.3, 0.4) is 0 Å². The van der Waals surface area contributed by atoms with E-state index in [1.165, 1.54) is 11.1 Å². The third-order valence-electron chi connectivity index (χ3n) is 5.69. The summed E-state index contributed by atoms with van der Waals surface area (Å²) >= 11 is 0. The molecule has 2 atom stereocenters. The topological polar surface area (TPSA) is 41.4 Å². The Hall–Kier alpha value is -2.14. The van der Waals surface area contributed by atoms with Gasteiger partial charge in [0.2, 0.25) is 5.91 Å². The molecule has 0 unspecified atom stereocenters. The van der Waals surface area contributed by atoms with Gasteiger partial charge in [0.25, 0.3) is 0 Å². The Morgan fingerprint density at radius 1 is 1.12 bits per heavy atom. The molecule has 3 fully saturated rings. The summed E-state index contributed by atoms with van der Waals surface area (Å²) in [4.78, 5) is 17.6. The lowest BCUT2D eigenvalue weighted by molar-refractivity contribution is -0.140. The minimum atomic E-state index is 0.171. The van der Waals surface area contributed by atoms with Gasteiger partial charge in [0.05, 0.1) is 12.1 Å². The molecule has 0 spiro atoms. The molecule has 0 radical (unpaired) electrons. The number of nitrogens with zero attached hydrogens (tertiary/aromatic N) is 4. The third kappa shape index (κ3) is 3.83. The number of carbonyl (C=O) groups is 1. The van der Waals surface area contributed by atoms with Gasteiger partial charge in [-0.1, -0.05) is 30.3 Å². The molecule has 1 aromatic carbocycles. The SMILES string of the molecule is Cc1cnn(CCCN2C[C@H]3CC[C@@H](C2)N(Cc2ccccc2)C3=O)c1. The van der Waals surface area contributed by atoms with E-state index in [-0.39, 0.29) is 5.92 Å². The first-order chi connectivity index (χ1) is 12.7. The molecule has 26 heavy (non-hydrogen) atoms. The molecular weight excluding hydrogens is 324 g/mol. The summed E-state index contributed by atoms with van der Waals surface area (Å²) in [5.74, 6) is 0.528. The van der Waals surface area contributed by atoms with Crippen molar-refractivity contribution in [2.75, 3.05) is 19.6 Å². The van der Waals surface area contributed by atoms with Crippen molar-refractivity contribution in [1.82, 2.24) is 19.6 Å². The second kappa shape index (κ2) is 7.62. The van der Waals surface area contributed by atoms with Crippen molar-refractivity contribution in [2.45, 2.75) is 45.3 Å². The van der Waals surface area contributed by atoms with Crippen LogP contribution in [0.5, 0.6) is 0 Å². The van der Waals surface area contributed by atoms with Gasteiger partial charge in [0.15, 0.2) is 0 Å². The van der Waals surface area contributed by atoms with E-state index in [0.717, 1.165) is 52.0 Å². The first kappa shape index (κ1) is 17.3. The van der Waals surface area contributed by atoms with Crippen LogP contribution in [-0.2, 0) is 17.9 Å². The van der Waals surface area contributed by atoms with E-state index in [9.17, 15) is 4.79 Å². The number of hydrogen-bond acceptors (Lipinski definition) is 3. The number of fused-ring (bicyclic) bond motifs is 4. The monoisotopic (exact) mass is 352 g/mol. The summed E-state index contributed by atoms with van der Waals surface area (Å²) in [5.41, 5.74) is 2.44. The molecule has 1 amide bonds. The molecule has 3 aliphatic heterocycles. The number of carbonyl (C=O) groups excluding carboxylic acids is 1. The molecule has 1 aromatic heterocycles. The van der Waals surface area contributed by atoms with E-state index < -0.39 is 0 Å². The molecule has 3 aliphatic rings. The number of hydrogen-bond donors (Lipinski definition) is 0. The maximum Gasteiger partial charge on any atom is 0.227 e. The molecule has 0 saturated carbocycles. The maximum absolute atomic E-state index is 12.9. The number of rotatable bonds is 6. The molecule has 2 aromatic rings. The minimum absolute atomic E-state index is 0.171. The van der Waals surface area contributed by atoms with Gasteiger partial charge >= 0.3 is 0 Å². The Labute approximate surface area is 155 Å². The van der Waals surface area contributed by atoms with Crippen LogP contribution >= 0.6 is 0 Å². The van der Waals surface area contributed by atoms with Crippen molar-refractivity contribution in [2.24, 2.45) is 5.92 Å². The average molecular weight is 352 g/mol. The Morgan fingerprint density at radius 3 is 2.73 bits per heavy atom. The highest BCUT2D eigenvalue weighted by atomic mass is 16.2. The van der Waals surface area contributed by atoms with E-state index >= 15 is 0 Å². The fraction of sp³-hybridized carbons (Fsp3) is 0.524. The van der Waals surface area contributed by atoms with Gasteiger partial charge in [-0.25, -0.2) is 0 Å². The normalized spacial score (nSPS) is 23.4. The highest BCUT2D eigenvalue weighted by molar-refractivity contribution is 5.80. The molecule has 2 bridgehead atoms. The van der Waals surface area contributed by atoms with Crippen LogP contribution in [0.25, 0.3) is 0 Å². The average Bonchev–Trinajstić information content (AvgIpc) is 2.88. The minimum Gasteiger partial charge on any atom is -0.334 e. The molecule has 5 nitrogen and oxygen atoms in total. The molecule has 4 heterocycles. The predicted octanol–water partition coefficient (Wildman–Crippen LogP) is 2.70. The lowest BCUT2D eigenvalue weighted by atomic mass is 9.93. The van der Waals surface area contributed by atoms with Crippen LogP contribution in [0.15, 0.2) is 42.7 Å². The second-order valence-electron chi connectivity index (χ2n) is 7.77. The first-order valence-electron chi connectivity index (χ1n) is 9.75. The van der Waals surface area contributed by atoms with Crippen molar-refractivity contribution in [3.05, 3.63) is 53.9 Å². The Morgan fingerprint density at radius 2 is 1.96 bits per heavy atom. The van der Waals surface area contributed by atoms with Crippen LogP contribution in [-0.4, -0.2) is 51.2 Å². The van der Waals surface area contributed by atoms with Crippen LogP contribution < -0.4 is 0 Å². The maximum atomic E-state index is 12.9. The highest BCUT2D eigenvalue weighted by Crippen LogP contribution is 2.30. The van der Waals surface area contributed by atoms with E-state index in [1.807, 2.05) is 16.9 Å². The molecule has 5 heteroatoms. The summed E-state index contributed by atoms with van der Waals surface area (Å²) in [5, 5.41) is 4.37. The summed E-state index contributed by atoms with van der Waals surface area (Å²) in [6.07, 6.45) is 7.26. The van der Waals surface area contributed by atoms with Crippen LogP contribution in [0.4, 0.5) is 0 Å². The number of piperidine rings is 1. The Kier molecular flexibility index (Phi) is 5.07. The third-order valence-corrected chi connectivity index (χ3v) is 5.69. The van der Waals surface area contributed by atoms with Crippen LogP contribution in [0.2, 0.25) is 0 Å². The van der Waals surface area contributed by atoms with Crippen molar-refractivity contribution in [3.63, 3.8) is 0 Å². The molecule has 0 N–H and O–H groups in total. The van der Waals surface area contributed by atoms with E-state index in [0.29, 0.717) is 11.9 Å². The highest BCUT2D eigenvalue weighted by Gasteiger charge is 2.40. The van der Waals surface area contributed by atoms with Crippen molar-refractivity contribution in [1.29, 1.82) is 0 Å². The summed E-state index contributed by atoms with van der Waals surface area (Å²) in [7, 11) is 0. The Bertz CT molecular complexity index is 741. The molecule has 5 rings (SSSR count). The zero-order valence-corrected chi connectivity index (χ0v) is 15.6. The summed E-state index contributed by atoms with van der Waals surface area (Å²) in [6, 6.07) is 10.7. The summed E-state index contributed by atoms with van der Waals surface area (Å²) < 4.78 is 2.02. The van der Waals surface area contributed by atoms with Gasteiger partial charge < -0.3 is 9.80 Å². The van der Waals surface area contributed by atoms with Gasteiger partial charge in [0, 0.05) is 45.0 Å². The van der Waals surface area contributed by atoms with Crippen LogP contribution in [0, 0.1) is 12.8 Å². The van der Waals surface area contributed by atoms with E-state index in [2.05, 4.69) is 52.3 Å². The lowest BCUT2D eigenvalue weighted by Gasteiger charge is -2.36. The smallest absolute Gasteiger partial charge is 0.227 e. The standard InChI is InChI=1S/C21H28N4O/c1-17-12-22-24(13-17)11-5-10-23-15-19-8-9-20(16-23)25(21(19)26)14-18-6-3-2-4-7-18/h2-4,6-7,12-13,19-20H,5,8-11,14-16H2,1H3/t19-,20+/m1/s1. The zero-order valence-electron chi connectivity index (χ0n) is 15.6. The number of aromatic nitrogens is 2. The molecule has 3 saturated heterocycles. The largest absolute Gasteiger partial charge is 0.334 e. The molecule has 138 valence electrons. The second-order valence-corrected chi connectivity index (χ2v) is 7.77. The fourth-order valence-corrected chi connectivity index (χ4v) is 4.35. The van der Waals surface area contributed by atoms with Crippen LogP contribution in [0.1, 0.15) is 30.4 Å². The number of aryl methyl sites for hydroxylation is 2. The van der Waals surface area contributed by atoms with Crippen molar-refractivity contribution < 1.29 is 4.79 Å². The van der Waals surface area contributed by atoms with Gasteiger partial charge in [0.1, 0.15) is 0 Å². The van der Waals surface area contributed by atoms with E-state index in [4.69, 9.17) is 0 Å². The van der Waals surface area contributed by atoms with Gasteiger partial charge in [-0.15, -0.1) is 0 Å². The fourth-order valence-electron chi connectivity index (χ4n) is 4.35. The van der Waals surface area contributed by atoms with Gasteiger partial charge in [-0.05, 0) is 37.3 Å². The number of amides is 1. The van der Waals surface area contributed by atoms with Crippen molar-refractivity contribution in [3.8, 4) is 0 Å². The van der Waals surface area contributed by atoms with Gasteiger partial charge in [-0.2, -0.15) is 5.10 Å². The zero-order chi connectivity index (χ0) is 17.9. The van der Waals surface area contributed by atoms with E-state index in [1.54, 1.807) is 0 Å².